The fourth-order valence-electron chi connectivity index (χ4n) is 7.03. The standard InChI is InChI=1S/C23H30N2O3/c1-28-19-4-2-18(3-5-19)25-21(26)11-20(22(25)27)24-7-6-23-12-15-8-16(13-23)10-17(9-15)14-23/h2-5,15-17,20,24H,6-14H2,1H3/p+1/t15?,16?,17?,20-,23?/m1/s1. The van der Waals surface area contributed by atoms with Crippen molar-refractivity contribution in [2.75, 3.05) is 18.6 Å². The number of quaternary nitrogens is 1. The average molecular weight is 384 g/mol. The minimum Gasteiger partial charge on any atom is -0.497 e. The van der Waals surface area contributed by atoms with Gasteiger partial charge in [-0.15, -0.1) is 0 Å². The fourth-order valence-corrected chi connectivity index (χ4v) is 7.03. The van der Waals surface area contributed by atoms with Crippen molar-refractivity contribution in [3.05, 3.63) is 24.3 Å². The lowest BCUT2D eigenvalue weighted by atomic mass is 9.49. The van der Waals surface area contributed by atoms with Gasteiger partial charge in [-0.1, -0.05) is 0 Å². The minimum atomic E-state index is -0.261. The summed E-state index contributed by atoms with van der Waals surface area (Å²) in [5.74, 6) is 3.46. The number of methoxy groups -OCH3 is 1. The molecule has 0 unspecified atom stereocenters. The molecule has 1 aromatic carbocycles. The smallest absolute Gasteiger partial charge is 0.292 e. The number of nitrogens with zero attached hydrogens (tertiary/aromatic N) is 1. The second kappa shape index (κ2) is 6.87. The molecule has 5 fully saturated rings. The van der Waals surface area contributed by atoms with Crippen LogP contribution >= 0.6 is 0 Å². The number of amides is 2. The van der Waals surface area contributed by atoms with Crippen LogP contribution in [0.4, 0.5) is 5.69 Å². The highest BCUT2D eigenvalue weighted by Crippen LogP contribution is 2.61. The minimum absolute atomic E-state index is 0.0688. The van der Waals surface area contributed by atoms with Crippen LogP contribution in [0.25, 0.3) is 0 Å². The second-order valence-electron chi connectivity index (χ2n) is 9.77. The van der Waals surface area contributed by atoms with Gasteiger partial charge in [0.1, 0.15) is 5.75 Å². The number of rotatable bonds is 6. The highest BCUT2D eigenvalue weighted by molar-refractivity contribution is 6.21. The number of nitrogens with two attached hydrogens (primary N) is 1. The summed E-state index contributed by atoms with van der Waals surface area (Å²) in [4.78, 5) is 26.7. The molecule has 1 saturated heterocycles. The van der Waals surface area contributed by atoms with Gasteiger partial charge in [0.25, 0.3) is 5.91 Å². The zero-order valence-corrected chi connectivity index (χ0v) is 16.7. The number of benzene rings is 1. The molecule has 1 aliphatic heterocycles. The molecule has 5 heteroatoms. The highest BCUT2D eigenvalue weighted by Gasteiger charge is 2.51. The predicted molar refractivity (Wildman–Crippen MR) is 106 cm³/mol. The molecule has 0 aromatic heterocycles. The zero-order valence-electron chi connectivity index (χ0n) is 16.7. The van der Waals surface area contributed by atoms with Crippen LogP contribution in [0.15, 0.2) is 24.3 Å². The number of imide groups is 1. The zero-order chi connectivity index (χ0) is 19.3. The molecule has 0 spiro atoms. The summed E-state index contributed by atoms with van der Waals surface area (Å²) in [5.41, 5.74) is 1.18. The Kier molecular flexibility index (Phi) is 4.46. The SMILES string of the molecule is COc1ccc(N2C(=O)C[C@@H]([NH2+]CCC34CC5CC(CC(C5)C3)C4)C2=O)cc1. The quantitative estimate of drug-likeness (QED) is 0.768. The maximum atomic E-state index is 12.9. The van der Waals surface area contributed by atoms with Crippen molar-refractivity contribution in [2.24, 2.45) is 23.2 Å². The summed E-state index contributed by atoms with van der Waals surface area (Å²) in [5, 5.41) is 2.14. The molecule has 1 aromatic rings. The summed E-state index contributed by atoms with van der Waals surface area (Å²) >= 11 is 0. The van der Waals surface area contributed by atoms with E-state index in [0.717, 1.165) is 30.0 Å². The largest absolute Gasteiger partial charge is 0.497 e. The van der Waals surface area contributed by atoms with E-state index in [4.69, 9.17) is 4.74 Å². The maximum Gasteiger partial charge on any atom is 0.292 e. The van der Waals surface area contributed by atoms with Gasteiger partial charge in [-0.2, -0.15) is 0 Å². The van der Waals surface area contributed by atoms with Gasteiger partial charge in [-0.05, 0) is 86.0 Å². The van der Waals surface area contributed by atoms with Gasteiger partial charge in [0.15, 0.2) is 6.04 Å². The third-order valence-electron chi connectivity index (χ3n) is 7.80. The van der Waals surface area contributed by atoms with Crippen LogP contribution in [0.2, 0.25) is 0 Å². The number of hydrogen-bond acceptors (Lipinski definition) is 3. The average Bonchev–Trinajstić information content (AvgIpc) is 2.94. The maximum absolute atomic E-state index is 12.9. The Labute approximate surface area is 166 Å². The Morgan fingerprint density at radius 3 is 2.21 bits per heavy atom. The van der Waals surface area contributed by atoms with E-state index in [1.807, 2.05) is 0 Å². The van der Waals surface area contributed by atoms with E-state index < -0.39 is 0 Å². The summed E-state index contributed by atoms with van der Waals surface area (Å²) in [6, 6.07) is 6.89. The van der Waals surface area contributed by atoms with Crippen LogP contribution in [0.3, 0.4) is 0 Å². The Bertz CT molecular complexity index is 737. The van der Waals surface area contributed by atoms with Gasteiger partial charge in [-0.3, -0.25) is 9.59 Å². The third kappa shape index (κ3) is 3.14. The molecule has 4 saturated carbocycles. The normalized spacial score (nSPS) is 36.4. The lowest BCUT2D eigenvalue weighted by Crippen LogP contribution is -2.92. The number of hydrogen-bond donors (Lipinski definition) is 1. The summed E-state index contributed by atoms with van der Waals surface area (Å²) in [7, 11) is 1.61. The number of ether oxygens (including phenoxy) is 1. The van der Waals surface area contributed by atoms with E-state index in [0.29, 0.717) is 17.5 Å². The van der Waals surface area contributed by atoms with Gasteiger partial charge >= 0.3 is 0 Å². The third-order valence-corrected chi connectivity index (χ3v) is 7.80. The lowest BCUT2D eigenvalue weighted by Gasteiger charge is -2.56. The van der Waals surface area contributed by atoms with Crippen LogP contribution in [-0.2, 0) is 9.59 Å². The Morgan fingerprint density at radius 2 is 1.64 bits per heavy atom. The molecule has 150 valence electrons. The summed E-state index contributed by atoms with van der Waals surface area (Å²) in [6.45, 7) is 0.965. The van der Waals surface area contributed by atoms with E-state index >= 15 is 0 Å². The number of carbonyl (C=O) groups is 2. The highest BCUT2D eigenvalue weighted by atomic mass is 16.5. The molecular formula is C23H31N2O3+. The van der Waals surface area contributed by atoms with Crippen molar-refractivity contribution in [2.45, 2.75) is 57.4 Å². The Morgan fingerprint density at radius 1 is 1.04 bits per heavy atom. The first-order valence-corrected chi connectivity index (χ1v) is 10.9. The van der Waals surface area contributed by atoms with Crippen LogP contribution in [0, 0.1) is 23.2 Å². The molecule has 4 aliphatic carbocycles. The molecule has 2 N–H and O–H groups in total. The van der Waals surface area contributed by atoms with Crippen molar-refractivity contribution < 1.29 is 19.6 Å². The second-order valence-corrected chi connectivity index (χ2v) is 9.77. The van der Waals surface area contributed by atoms with E-state index in [-0.39, 0.29) is 17.9 Å². The van der Waals surface area contributed by atoms with Gasteiger partial charge in [0.05, 0.1) is 25.8 Å². The Balaban J connectivity index is 1.20. The van der Waals surface area contributed by atoms with E-state index in [1.54, 1.807) is 31.4 Å². The van der Waals surface area contributed by atoms with E-state index in [2.05, 4.69) is 5.32 Å². The van der Waals surface area contributed by atoms with Crippen LogP contribution in [-0.4, -0.2) is 31.5 Å². The topological polar surface area (TPSA) is 63.2 Å². The first-order valence-electron chi connectivity index (χ1n) is 10.9. The first-order chi connectivity index (χ1) is 13.5. The summed E-state index contributed by atoms with van der Waals surface area (Å²) in [6.07, 6.45) is 10.1. The van der Waals surface area contributed by atoms with Crippen molar-refractivity contribution in [1.82, 2.24) is 0 Å². The van der Waals surface area contributed by atoms with Gasteiger partial charge in [0, 0.05) is 6.42 Å². The molecule has 2 amide bonds. The van der Waals surface area contributed by atoms with Crippen LogP contribution < -0.4 is 15.0 Å². The van der Waals surface area contributed by atoms with Crippen LogP contribution in [0.1, 0.15) is 51.4 Å². The lowest BCUT2D eigenvalue weighted by molar-refractivity contribution is -0.676. The molecular weight excluding hydrogens is 352 g/mol. The van der Waals surface area contributed by atoms with Crippen LogP contribution in [0.5, 0.6) is 5.75 Å². The van der Waals surface area contributed by atoms with Crippen molar-refractivity contribution in [1.29, 1.82) is 0 Å². The fraction of sp³-hybridized carbons (Fsp3) is 0.652. The number of carbonyl (C=O) groups excluding carboxylic acids is 2. The molecule has 1 atom stereocenters. The molecule has 4 bridgehead atoms. The van der Waals surface area contributed by atoms with E-state index in [9.17, 15) is 9.59 Å². The molecule has 0 radical (unpaired) electrons. The van der Waals surface area contributed by atoms with Gasteiger partial charge in [0.2, 0.25) is 5.91 Å². The summed E-state index contributed by atoms with van der Waals surface area (Å²) < 4.78 is 5.17. The molecule has 1 heterocycles. The van der Waals surface area contributed by atoms with Crippen molar-refractivity contribution in [3.63, 3.8) is 0 Å². The number of anilines is 1. The molecule has 28 heavy (non-hydrogen) atoms. The molecule has 5 aliphatic rings. The predicted octanol–water partition coefficient (Wildman–Crippen LogP) is 2.50. The molecule has 5 nitrogen and oxygen atoms in total. The first kappa shape index (κ1) is 18.2. The Hall–Kier alpha value is -1.88. The molecule has 6 rings (SSSR count). The van der Waals surface area contributed by atoms with E-state index in [1.165, 1.54) is 49.8 Å². The van der Waals surface area contributed by atoms with Gasteiger partial charge in [-0.25, -0.2) is 4.90 Å². The van der Waals surface area contributed by atoms with Gasteiger partial charge < -0.3 is 10.1 Å². The van der Waals surface area contributed by atoms with Crippen molar-refractivity contribution >= 4 is 17.5 Å². The monoisotopic (exact) mass is 383 g/mol. The van der Waals surface area contributed by atoms with Crippen molar-refractivity contribution in [3.8, 4) is 5.75 Å².